The van der Waals surface area contributed by atoms with Crippen LogP contribution in [0.2, 0.25) is 0 Å². The zero-order chi connectivity index (χ0) is 12.3. The third kappa shape index (κ3) is 2.71. The van der Waals surface area contributed by atoms with Crippen LogP contribution in [0.3, 0.4) is 0 Å². The summed E-state index contributed by atoms with van der Waals surface area (Å²) in [7, 11) is 0. The first kappa shape index (κ1) is 11.8. The Morgan fingerprint density at radius 1 is 1.41 bits per heavy atom. The van der Waals surface area contributed by atoms with Crippen LogP contribution in [0, 0.1) is 17.2 Å². The van der Waals surface area contributed by atoms with Crippen LogP contribution in [0.15, 0.2) is 18.2 Å². The van der Waals surface area contributed by atoms with E-state index in [1.807, 2.05) is 6.07 Å². The molecule has 1 aliphatic rings. The quantitative estimate of drug-likeness (QED) is 0.793. The molecular formula is C14H19N3. The Bertz CT molecular complexity index is 426. The molecule has 90 valence electrons. The molecule has 0 amide bonds. The Hall–Kier alpha value is -1.69. The van der Waals surface area contributed by atoms with Crippen LogP contribution in [-0.2, 0) is 6.42 Å². The number of nitriles is 1. The van der Waals surface area contributed by atoms with E-state index in [2.05, 4.69) is 30.0 Å². The number of benzene rings is 1. The van der Waals surface area contributed by atoms with Gasteiger partial charge in [-0.1, -0.05) is 6.92 Å². The lowest BCUT2D eigenvalue weighted by molar-refractivity contribution is 0.438. The van der Waals surface area contributed by atoms with Crippen LogP contribution < -0.4 is 10.6 Å². The molecule has 0 radical (unpaired) electrons. The summed E-state index contributed by atoms with van der Waals surface area (Å²) < 4.78 is 0. The van der Waals surface area contributed by atoms with Gasteiger partial charge in [0.25, 0.3) is 0 Å². The second kappa shape index (κ2) is 5.09. The van der Waals surface area contributed by atoms with Crippen molar-refractivity contribution in [3.8, 4) is 6.07 Å². The van der Waals surface area contributed by atoms with Crippen molar-refractivity contribution >= 4 is 11.4 Å². The van der Waals surface area contributed by atoms with Gasteiger partial charge < -0.3 is 10.6 Å². The topological polar surface area (TPSA) is 53.0 Å². The molecule has 1 fully saturated rings. The third-order valence-corrected chi connectivity index (χ3v) is 3.54. The summed E-state index contributed by atoms with van der Waals surface area (Å²) in [6.07, 6.45) is 2.89. The fourth-order valence-corrected chi connectivity index (χ4v) is 2.29. The van der Waals surface area contributed by atoms with E-state index in [0.717, 1.165) is 30.3 Å². The maximum Gasteiger partial charge on any atom is 0.0670 e. The molecule has 1 aliphatic heterocycles. The molecule has 0 atom stereocenters. The SMILES string of the molecule is CC1CCN(c2ccc(N)c(CC#N)c2)CC1. The zero-order valence-corrected chi connectivity index (χ0v) is 10.3. The van der Waals surface area contributed by atoms with Crippen LogP contribution >= 0.6 is 0 Å². The lowest BCUT2D eigenvalue weighted by atomic mass is 9.98. The largest absolute Gasteiger partial charge is 0.398 e. The van der Waals surface area contributed by atoms with Gasteiger partial charge in [0.15, 0.2) is 0 Å². The van der Waals surface area contributed by atoms with Crippen molar-refractivity contribution in [2.45, 2.75) is 26.2 Å². The minimum Gasteiger partial charge on any atom is -0.398 e. The Kier molecular flexibility index (Phi) is 3.53. The minimum absolute atomic E-state index is 0.393. The van der Waals surface area contributed by atoms with Crippen molar-refractivity contribution in [2.75, 3.05) is 23.7 Å². The standard InChI is InChI=1S/C14H19N3/c1-11-5-8-17(9-6-11)13-2-3-14(16)12(10-13)4-7-15/h2-3,10-11H,4-6,8-9,16H2,1H3. The average molecular weight is 229 g/mol. The van der Waals surface area contributed by atoms with Gasteiger partial charge in [-0.05, 0) is 42.5 Å². The normalized spacial score (nSPS) is 16.8. The van der Waals surface area contributed by atoms with Gasteiger partial charge in [-0.2, -0.15) is 5.26 Å². The molecule has 0 aliphatic carbocycles. The van der Waals surface area contributed by atoms with Crippen LogP contribution in [0.1, 0.15) is 25.3 Å². The summed E-state index contributed by atoms with van der Waals surface area (Å²) in [5, 5.41) is 8.76. The number of anilines is 2. The number of hydrogen-bond donors (Lipinski definition) is 1. The molecule has 1 heterocycles. The minimum atomic E-state index is 0.393. The first-order valence-electron chi connectivity index (χ1n) is 6.21. The summed E-state index contributed by atoms with van der Waals surface area (Å²) in [6.45, 7) is 4.52. The van der Waals surface area contributed by atoms with Crippen molar-refractivity contribution < 1.29 is 0 Å². The van der Waals surface area contributed by atoms with E-state index in [4.69, 9.17) is 11.0 Å². The summed E-state index contributed by atoms with van der Waals surface area (Å²) in [5.41, 5.74) is 8.73. The second-order valence-electron chi connectivity index (χ2n) is 4.89. The smallest absolute Gasteiger partial charge is 0.0670 e. The lowest BCUT2D eigenvalue weighted by Gasteiger charge is -2.32. The summed E-state index contributed by atoms with van der Waals surface area (Å²) >= 11 is 0. The van der Waals surface area contributed by atoms with Crippen molar-refractivity contribution in [3.05, 3.63) is 23.8 Å². The molecule has 0 bridgehead atoms. The van der Waals surface area contributed by atoms with Crippen molar-refractivity contribution in [2.24, 2.45) is 5.92 Å². The van der Waals surface area contributed by atoms with E-state index in [0.29, 0.717) is 6.42 Å². The van der Waals surface area contributed by atoms with Gasteiger partial charge in [0.05, 0.1) is 12.5 Å². The summed E-state index contributed by atoms with van der Waals surface area (Å²) in [4.78, 5) is 2.39. The van der Waals surface area contributed by atoms with Crippen LogP contribution in [0.25, 0.3) is 0 Å². The second-order valence-corrected chi connectivity index (χ2v) is 4.89. The molecule has 0 spiro atoms. The Balaban J connectivity index is 2.16. The molecule has 1 aromatic carbocycles. The maximum absolute atomic E-state index is 8.76. The lowest BCUT2D eigenvalue weighted by Crippen LogP contribution is -2.32. The van der Waals surface area contributed by atoms with E-state index >= 15 is 0 Å². The highest BCUT2D eigenvalue weighted by atomic mass is 15.1. The average Bonchev–Trinajstić information content (AvgIpc) is 2.33. The highest BCUT2D eigenvalue weighted by Crippen LogP contribution is 2.26. The number of piperidine rings is 1. The summed E-state index contributed by atoms with van der Waals surface area (Å²) in [6, 6.07) is 8.21. The predicted octanol–water partition coefficient (Wildman–Crippen LogP) is 2.57. The van der Waals surface area contributed by atoms with E-state index in [9.17, 15) is 0 Å². The van der Waals surface area contributed by atoms with Gasteiger partial charge in [-0.15, -0.1) is 0 Å². The molecule has 3 nitrogen and oxygen atoms in total. The monoisotopic (exact) mass is 229 g/mol. The molecule has 0 unspecified atom stereocenters. The number of rotatable bonds is 2. The molecular weight excluding hydrogens is 210 g/mol. The Morgan fingerprint density at radius 3 is 2.76 bits per heavy atom. The van der Waals surface area contributed by atoms with Gasteiger partial charge in [0, 0.05) is 24.5 Å². The van der Waals surface area contributed by atoms with E-state index in [1.165, 1.54) is 18.5 Å². The van der Waals surface area contributed by atoms with Gasteiger partial charge in [0.1, 0.15) is 0 Å². The Labute approximate surface area is 103 Å². The van der Waals surface area contributed by atoms with E-state index < -0.39 is 0 Å². The van der Waals surface area contributed by atoms with Crippen molar-refractivity contribution in [3.63, 3.8) is 0 Å². The fraction of sp³-hybridized carbons (Fsp3) is 0.500. The van der Waals surface area contributed by atoms with Crippen molar-refractivity contribution in [1.82, 2.24) is 0 Å². The van der Waals surface area contributed by atoms with E-state index in [-0.39, 0.29) is 0 Å². The molecule has 2 N–H and O–H groups in total. The third-order valence-electron chi connectivity index (χ3n) is 3.54. The molecule has 17 heavy (non-hydrogen) atoms. The zero-order valence-electron chi connectivity index (χ0n) is 10.3. The highest BCUT2D eigenvalue weighted by Gasteiger charge is 2.16. The first-order valence-corrected chi connectivity index (χ1v) is 6.21. The number of hydrogen-bond acceptors (Lipinski definition) is 3. The van der Waals surface area contributed by atoms with Gasteiger partial charge in [-0.25, -0.2) is 0 Å². The maximum atomic E-state index is 8.76. The van der Waals surface area contributed by atoms with Gasteiger partial charge >= 0.3 is 0 Å². The Morgan fingerprint density at radius 2 is 2.12 bits per heavy atom. The molecule has 0 aromatic heterocycles. The van der Waals surface area contributed by atoms with Crippen LogP contribution in [0.4, 0.5) is 11.4 Å². The van der Waals surface area contributed by atoms with Crippen LogP contribution in [-0.4, -0.2) is 13.1 Å². The van der Waals surface area contributed by atoms with Crippen molar-refractivity contribution in [1.29, 1.82) is 5.26 Å². The first-order chi connectivity index (χ1) is 8.20. The molecule has 3 heteroatoms. The fourth-order valence-electron chi connectivity index (χ4n) is 2.29. The number of nitrogens with two attached hydrogens (primary N) is 1. The molecule has 1 saturated heterocycles. The molecule has 2 rings (SSSR count). The highest BCUT2D eigenvalue weighted by molar-refractivity contribution is 5.59. The van der Waals surface area contributed by atoms with Gasteiger partial charge in [0.2, 0.25) is 0 Å². The van der Waals surface area contributed by atoms with Gasteiger partial charge in [-0.3, -0.25) is 0 Å². The number of nitrogens with zero attached hydrogens (tertiary/aromatic N) is 2. The molecule has 0 saturated carbocycles. The summed E-state index contributed by atoms with van der Waals surface area (Å²) in [5.74, 6) is 0.832. The van der Waals surface area contributed by atoms with Crippen LogP contribution in [0.5, 0.6) is 0 Å². The predicted molar refractivity (Wildman–Crippen MR) is 70.8 cm³/mol. The number of nitrogen functional groups attached to an aromatic ring is 1. The van der Waals surface area contributed by atoms with E-state index in [1.54, 1.807) is 0 Å². The molecule has 1 aromatic rings.